The average molecular weight is 402 g/mol. The van der Waals surface area contributed by atoms with Crippen molar-refractivity contribution >= 4 is 5.69 Å². The van der Waals surface area contributed by atoms with Crippen LogP contribution in [0.4, 0.5) is 5.69 Å². The van der Waals surface area contributed by atoms with Crippen LogP contribution in [0.3, 0.4) is 0 Å². The van der Waals surface area contributed by atoms with Crippen molar-refractivity contribution in [1.29, 1.82) is 0 Å². The lowest BCUT2D eigenvalue weighted by atomic mass is 9.99. The second-order valence-electron chi connectivity index (χ2n) is 7.59. The predicted molar refractivity (Wildman–Crippen MR) is 129 cm³/mol. The molecule has 4 aromatic carbocycles. The Morgan fingerprint density at radius 2 is 1.19 bits per heavy atom. The maximum absolute atomic E-state index is 6.07. The molecular formula is C28H23N3. The molecule has 0 fully saturated rings. The molecule has 5 rings (SSSR count). The smallest absolute Gasteiger partial charge is 0.141 e. The van der Waals surface area contributed by atoms with E-state index in [0.29, 0.717) is 0 Å². The van der Waals surface area contributed by atoms with Crippen molar-refractivity contribution in [1.82, 2.24) is 9.55 Å². The lowest BCUT2D eigenvalue weighted by molar-refractivity contribution is 0.933. The Labute approximate surface area is 182 Å². The molecule has 3 heteroatoms. The highest BCUT2D eigenvalue weighted by Gasteiger charge is 2.20. The van der Waals surface area contributed by atoms with Crippen molar-refractivity contribution in [2.45, 2.75) is 0 Å². The SMILES string of the molecule is Cn1c(-c2ccccc2-c2cccc(N)c2)nc(-c2ccccc2)c1-c1ccccc1. The first-order chi connectivity index (χ1) is 15.2. The molecule has 0 unspecified atom stereocenters. The second kappa shape index (κ2) is 7.96. The van der Waals surface area contributed by atoms with Gasteiger partial charge in [0.2, 0.25) is 0 Å². The number of rotatable bonds is 4. The molecule has 0 saturated heterocycles. The number of nitrogens with zero attached hydrogens (tertiary/aromatic N) is 2. The maximum Gasteiger partial charge on any atom is 0.141 e. The van der Waals surface area contributed by atoms with E-state index in [2.05, 4.69) is 90.5 Å². The summed E-state index contributed by atoms with van der Waals surface area (Å²) in [5.41, 5.74) is 14.4. The maximum atomic E-state index is 6.07. The molecule has 2 N–H and O–H groups in total. The highest BCUT2D eigenvalue weighted by atomic mass is 15.1. The Morgan fingerprint density at radius 1 is 0.613 bits per heavy atom. The van der Waals surface area contributed by atoms with E-state index in [1.54, 1.807) is 0 Å². The number of imidazole rings is 1. The number of anilines is 1. The average Bonchev–Trinajstić information content (AvgIpc) is 3.17. The van der Waals surface area contributed by atoms with Gasteiger partial charge in [-0.05, 0) is 23.3 Å². The molecule has 1 aromatic heterocycles. The molecule has 0 aliphatic carbocycles. The summed E-state index contributed by atoms with van der Waals surface area (Å²) in [5.74, 6) is 0.927. The van der Waals surface area contributed by atoms with Gasteiger partial charge < -0.3 is 10.3 Å². The first-order valence-electron chi connectivity index (χ1n) is 10.4. The summed E-state index contributed by atoms with van der Waals surface area (Å²) >= 11 is 0. The van der Waals surface area contributed by atoms with Gasteiger partial charge in [0.1, 0.15) is 5.82 Å². The van der Waals surface area contributed by atoms with Crippen molar-refractivity contribution in [3.63, 3.8) is 0 Å². The molecule has 3 nitrogen and oxygen atoms in total. The van der Waals surface area contributed by atoms with Gasteiger partial charge in [-0.25, -0.2) is 4.98 Å². The standard InChI is InChI=1S/C28H23N3/c1-31-27(21-13-6-3-7-14-21)26(20-11-4-2-5-12-20)30-28(31)25-18-9-8-17-24(25)22-15-10-16-23(29)19-22/h2-19H,29H2,1H3. The monoisotopic (exact) mass is 401 g/mol. The molecule has 0 bridgehead atoms. The quantitative estimate of drug-likeness (QED) is 0.342. The van der Waals surface area contributed by atoms with Gasteiger partial charge >= 0.3 is 0 Å². The van der Waals surface area contributed by atoms with Crippen molar-refractivity contribution in [3.05, 3.63) is 109 Å². The van der Waals surface area contributed by atoms with Crippen LogP contribution in [-0.2, 0) is 7.05 Å². The molecule has 0 aliphatic rings. The van der Waals surface area contributed by atoms with Crippen LogP contribution in [0.25, 0.3) is 45.0 Å². The summed E-state index contributed by atoms with van der Waals surface area (Å²) in [4.78, 5) is 5.17. The minimum Gasteiger partial charge on any atom is -0.399 e. The van der Waals surface area contributed by atoms with E-state index in [0.717, 1.165) is 50.7 Å². The molecule has 1 heterocycles. The zero-order valence-electron chi connectivity index (χ0n) is 17.4. The summed E-state index contributed by atoms with van der Waals surface area (Å²) in [7, 11) is 2.09. The molecular weight excluding hydrogens is 378 g/mol. The van der Waals surface area contributed by atoms with Gasteiger partial charge in [0.05, 0.1) is 11.4 Å². The molecule has 0 atom stereocenters. The number of hydrogen-bond acceptors (Lipinski definition) is 2. The minimum absolute atomic E-state index is 0.752. The van der Waals surface area contributed by atoms with Crippen LogP contribution >= 0.6 is 0 Å². The summed E-state index contributed by atoms with van der Waals surface area (Å²) < 4.78 is 2.20. The Morgan fingerprint density at radius 3 is 1.87 bits per heavy atom. The van der Waals surface area contributed by atoms with E-state index in [9.17, 15) is 0 Å². The fraction of sp³-hybridized carbons (Fsp3) is 0.0357. The van der Waals surface area contributed by atoms with Gasteiger partial charge in [-0.1, -0.05) is 97.1 Å². The molecule has 31 heavy (non-hydrogen) atoms. The molecule has 5 aromatic rings. The fourth-order valence-electron chi connectivity index (χ4n) is 4.10. The number of benzene rings is 4. The van der Waals surface area contributed by atoms with Crippen LogP contribution in [0.2, 0.25) is 0 Å². The predicted octanol–water partition coefficient (Wildman–Crippen LogP) is 6.67. The van der Waals surface area contributed by atoms with E-state index >= 15 is 0 Å². The van der Waals surface area contributed by atoms with Gasteiger partial charge in [-0.2, -0.15) is 0 Å². The summed E-state index contributed by atoms with van der Waals surface area (Å²) in [6, 6.07) is 37.2. The van der Waals surface area contributed by atoms with Crippen LogP contribution in [-0.4, -0.2) is 9.55 Å². The van der Waals surface area contributed by atoms with E-state index in [-0.39, 0.29) is 0 Å². The number of hydrogen-bond donors (Lipinski definition) is 1. The van der Waals surface area contributed by atoms with E-state index < -0.39 is 0 Å². The normalized spacial score (nSPS) is 10.9. The number of nitrogen functional groups attached to an aromatic ring is 1. The van der Waals surface area contributed by atoms with Crippen LogP contribution in [0.1, 0.15) is 0 Å². The zero-order valence-corrected chi connectivity index (χ0v) is 17.4. The third-order valence-corrected chi connectivity index (χ3v) is 5.56. The Bertz CT molecular complexity index is 1340. The van der Waals surface area contributed by atoms with Gasteiger partial charge in [0.15, 0.2) is 0 Å². The second-order valence-corrected chi connectivity index (χ2v) is 7.59. The van der Waals surface area contributed by atoms with Gasteiger partial charge in [0.25, 0.3) is 0 Å². The molecule has 150 valence electrons. The van der Waals surface area contributed by atoms with Crippen LogP contribution in [0, 0.1) is 0 Å². The van der Waals surface area contributed by atoms with Crippen molar-refractivity contribution in [3.8, 4) is 45.0 Å². The number of aromatic nitrogens is 2. The largest absolute Gasteiger partial charge is 0.399 e. The van der Waals surface area contributed by atoms with E-state index in [4.69, 9.17) is 10.7 Å². The Balaban J connectivity index is 1.77. The summed E-state index contributed by atoms with van der Waals surface area (Å²) in [5, 5.41) is 0. The van der Waals surface area contributed by atoms with Gasteiger partial charge in [-0.3, -0.25) is 0 Å². The minimum atomic E-state index is 0.752. The van der Waals surface area contributed by atoms with Crippen molar-refractivity contribution < 1.29 is 0 Å². The van der Waals surface area contributed by atoms with Gasteiger partial charge in [0, 0.05) is 29.4 Å². The highest BCUT2D eigenvalue weighted by Crippen LogP contribution is 2.38. The van der Waals surface area contributed by atoms with E-state index in [1.807, 2.05) is 30.3 Å². The Hall–Kier alpha value is -4.11. The van der Waals surface area contributed by atoms with Crippen LogP contribution in [0.15, 0.2) is 109 Å². The van der Waals surface area contributed by atoms with Crippen molar-refractivity contribution in [2.24, 2.45) is 7.05 Å². The highest BCUT2D eigenvalue weighted by molar-refractivity contribution is 5.87. The number of nitrogens with two attached hydrogens (primary N) is 1. The first kappa shape index (κ1) is 18.9. The molecule has 0 amide bonds. The third-order valence-electron chi connectivity index (χ3n) is 5.56. The first-order valence-corrected chi connectivity index (χ1v) is 10.4. The van der Waals surface area contributed by atoms with Crippen LogP contribution < -0.4 is 5.73 Å². The Kier molecular flexibility index (Phi) is 4.85. The van der Waals surface area contributed by atoms with Crippen molar-refractivity contribution in [2.75, 3.05) is 5.73 Å². The molecule has 0 aliphatic heterocycles. The molecule has 0 radical (unpaired) electrons. The van der Waals surface area contributed by atoms with E-state index in [1.165, 1.54) is 0 Å². The van der Waals surface area contributed by atoms with Gasteiger partial charge in [-0.15, -0.1) is 0 Å². The lowest BCUT2D eigenvalue weighted by Crippen LogP contribution is -1.97. The third kappa shape index (κ3) is 3.51. The lowest BCUT2D eigenvalue weighted by Gasteiger charge is -2.12. The summed E-state index contributed by atoms with van der Waals surface area (Å²) in [6.07, 6.45) is 0. The van der Waals surface area contributed by atoms with Crippen LogP contribution in [0.5, 0.6) is 0 Å². The summed E-state index contributed by atoms with van der Waals surface area (Å²) in [6.45, 7) is 0. The fourth-order valence-corrected chi connectivity index (χ4v) is 4.10. The molecule has 0 saturated carbocycles. The zero-order chi connectivity index (χ0) is 21.2. The molecule has 0 spiro atoms. The topological polar surface area (TPSA) is 43.8 Å².